The number of nitrogens with one attached hydrogen (secondary N) is 1. The van der Waals surface area contributed by atoms with Crippen molar-refractivity contribution in [3.05, 3.63) is 35.3 Å². The third-order valence-corrected chi connectivity index (χ3v) is 5.50. The van der Waals surface area contributed by atoms with Crippen molar-refractivity contribution in [3.63, 3.8) is 0 Å². The van der Waals surface area contributed by atoms with Crippen molar-refractivity contribution < 1.29 is 14.3 Å². The van der Waals surface area contributed by atoms with Gasteiger partial charge in [-0.15, -0.1) is 11.3 Å². The third-order valence-electron chi connectivity index (χ3n) is 4.61. The molecule has 1 unspecified atom stereocenters. The summed E-state index contributed by atoms with van der Waals surface area (Å²) in [5.41, 5.74) is 0. The number of hydrogen-bond acceptors (Lipinski definition) is 6. The van der Waals surface area contributed by atoms with E-state index in [2.05, 4.69) is 22.1 Å². The van der Waals surface area contributed by atoms with Gasteiger partial charge in [0.15, 0.2) is 23.2 Å². The minimum absolute atomic E-state index is 0.0812. The summed E-state index contributed by atoms with van der Waals surface area (Å²) in [6.07, 6.45) is 5.68. The number of ether oxygens (including phenoxy) is 2. The van der Waals surface area contributed by atoms with E-state index >= 15 is 0 Å². The van der Waals surface area contributed by atoms with Gasteiger partial charge in [0.2, 0.25) is 0 Å². The van der Waals surface area contributed by atoms with E-state index in [0.29, 0.717) is 29.3 Å². The van der Waals surface area contributed by atoms with E-state index in [4.69, 9.17) is 9.47 Å². The lowest BCUT2D eigenvalue weighted by Crippen LogP contribution is -2.36. The van der Waals surface area contributed by atoms with Crippen molar-refractivity contribution in [2.45, 2.75) is 45.7 Å². The number of anilines is 1. The molecule has 3 rings (SSSR count). The summed E-state index contributed by atoms with van der Waals surface area (Å²) in [6, 6.07) is 7.95. The Hall–Kier alpha value is -2.12. The zero-order valence-corrected chi connectivity index (χ0v) is 16.8. The minimum atomic E-state index is -0.228. The number of piperidine rings is 1. The van der Waals surface area contributed by atoms with Gasteiger partial charge in [0.1, 0.15) is 0 Å². The Morgan fingerprint density at radius 2 is 2.07 bits per heavy atom. The molecule has 1 fully saturated rings. The first-order valence-electron chi connectivity index (χ1n) is 9.49. The van der Waals surface area contributed by atoms with Gasteiger partial charge in [-0.05, 0) is 45.4 Å². The van der Waals surface area contributed by atoms with Crippen molar-refractivity contribution in [1.82, 2.24) is 9.88 Å². The molecular formula is C20H27N3O3S. The number of thiazole rings is 1. The number of carbonyl (C=O) groups excluding carboxylic acids is 1. The van der Waals surface area contributed by atoms with Crippen LogP contribution in [0, 0.1) is 0 Å². The highest BCUT2D eigenvalue weighted by Crippen LogP contribution is 2.27. The van der Waals surface area contributed by atoms with Crippen molar-refractivity contribution in [1.29, 1.82) is 0 Å². The summed E-state index contributed by atoms with van der Waals surface area (Å²) >= 11 is 1.52. The fraction of sp³-hybridized carbons (Fsp3) is 0.500. The minimum Gasteiger partial charge on any atom is -0.490 e. The molecule has 146 valence electrons. The molecule has 1 aromatic heterocycles. The van der Waals surface area contributed by atoms with Crippen LogP contribution in [0.3, 0.4) is 0 Å². The van der Waals surface area contributed by atoms with Crippen LogP contribution in [0.4, 0.5) is 5.13 Å². The van der Waals surface area contributed by atoms with Gasteiger partial charge in [-0.25, -0.2) is 4.98 Å². The van der Waals surface area contributed by atoms with Crippen LogP contribution >= 0.6 is 11.3 Å². The van der Waals surface area contributed by atoms with Gasteiger partial charge in [0.25, 0.3) is 5.91 Å². The third kappa shape index (κ3) is 5.68. The summed E-state index contributed by atoms with van der Waals surface area (Å²) in [6.45, 7) is 6.68. The van der Waals surface area contributed by atoms with Crippen LogP contribution in [-0.4, -0.2) is 41.6 Å². The quantitative estimate of drug-likeness (QED) is 0.741. The summed E-state index contributed by atoms with van der Waals surface area (Å²) in [4.78, 5) is 20.2. The standard InChI is InChI=1S/C20H27N3O3S/c1-3-25-17-9-4-5-10-18(17)26-14-19(24)22-20-21-12-16(27-20)13-23-11-7-6-8-15(23)2/h4-5,9-10,12,15H,3,6-8,11,13-14H2,1-2H3,(H,21,22,24). The molecule has 0 aliphatic carbocycles. The first-order chi connectivity index (χ1) is 13.2. The molecule has 1 N–H and O–H groups in total. The van der Waals surface area contributed by atoms with Crippen LogP contribution < -0.4 is 14.8 Å². The van der Waals surface area contributed by atoms with Crippen LogP contribution in [0.5, 0.6) is 11.5 Å². The van der Waals surface area contributed by atoms with Crippen molar-refractivity contribution in [3.8, 4) is 11.5 Å². The number of rotatable bonds is 8. The monoisotopic (exact) mass is 389 g/mol. The molecule has 0 saturated carbocycles. The molecule has 0 radical (unpaired) electrons. The number of amides is 1. The summed E-state index contributed by atoms with van der Waals surface area (Å²) in [5, 5.41) is 3.43. The van der Waals surface area contributed by atoms with E-state index < -0.39 is 0 Å². The summed E-state index contributed by atoms with van der Waals surface area (Å²) in [7, 11) is 0. The van der Waals surface area contributed by atoms with E-state index in [1.165, 1.54) is 35.5 Å². The van der Waals surface area contributed by atoms with Gasteiger partial charge in [0, 0.05) is 23.7 Å². The average Bonchev–Trinajstić information content (AvgIpc) is 3.10. The molecule has 6 nitrogen and oxygen atoms in total. The lowest BCUT2D eigenvalue weighted by atomic mass is 10.0. The number of nitrogens with zero attached hydrogens (tertiary/aromatic N) is 2. The molecule has 1 aliphatic heterocycles. The van der Waals surface area contributed by atoms with Crippen molar-refractivity contribution >= 4 is 22.4 Å². The molecule has 1 saturated heterocycles. The predicted molar refractivity (Wildman–Crippen MR) is 108 cm³/mol. The van der Waals surface area contributed by atoms with E-state index in [1.807, 2.05) is 31.3 Å². The van der Waals surface area contributed by atoms with Gasteiger partial charge in [0.05, 0.1) is 6.61 Å². The predicted octanol–water partition coefficient (Wildman–Crippen LogP) is 3.93. The molecule has 7 heteroatoms. The highest BCUT2D eigenvalue weighted by atomic mass is 32.1. The van der Waals surface area contributed by atoms with Crippen LogP contribution in [-0.2, 0) is 11.3 Å². The molecule has 1 amide bonds. The van der Waals surface area contributed by atoms with Crippen LogP contribution in [0.25, 0.3) is 0 Å². The topological polar surface area (TPSA) is 63.7 Å². The van der Waals surface area contributed by atoms with Gasteiger partial charge in [-0.1, -0.05) is 18.6 Å². The Morgan fingerprint density at radius 3 is 2.81 bits per heavy atom. The number of likely N-dealkylation sites (tertiary alicyclic amines) is 1. The first-order valence-corrected chi connectivity index (χ1v) is 10.3. The number of benzene rings is 1. The van der Waals surface area contributed by atoms with Crippen molar-refractivity contribution in [2.75, 3.05) is 25.1 Å². The lowest BCUT2D eigenvalue weighted by Gasteiger charge is -2.32. The second-order valence-corrected chi connectivity index (χ2v) is 7.78. The Bertz CT molecular complexity index is 750. The number of hydrogen-bond donors (Lipinski definition) is 1. The van der Waals surface area contributed by atoms with Gasteiger partial charge in [-0.3, -0.25) is 15.0 Å². The van der Waals surface area contributed by atoms with Crippen LogP contribution in [0.15, 0.2) is 30.5 Å². The average molecular weight is 390 g/mol. The highest BCUT2D eigenvalue weighted by molar-refractivity contribution is 7.15. The second kappa shape index (κ2) is 9.71. The molecule has 2 aromatic rings. The van der Waals surface area contributed by atoms with Gasteiger partial charge < -0.3 is 9.47 Å². The highest BCUT2D eigenvalue weighted by Gasteiger charge is 2.19. The summed E-state index contributed by atoms with van der Waals surface area (Å²) < 4.78 is 11.1. The fourth-order valence-corrected chi connectivity index (χ4v) is 4.03. The van der Waals surface area contributed by atoms with E-state index in [9.17, 15) is 4.79 Å². The molecule has 1 atom stereocenters. The fourth-order valence-electron chi connectivity index (χ4n) is 3.17. The van der Waals surface area contributed by atoms with Gasteiger partial charge >= 0.3 is 0 Å². The molecule has 0 bridgehead atoms. The Labute approximate surface area is 164 Å². The van der Waals surface area contributed by atoms with Gasteiger partial charge in [-0.2, -0.15) is 0 Å². The first kappa shape index (κ1) is 19.6. The Morgan fingerprint density at radius 1 is 1.30 bits per heavy atom. The maximum atomic E-state index is 12.2. The summed E-state index contributed by atoms with van der Waals surface area (Å²) in [5.74, 6) is 0.974. The largest absolute Gasteiger partial charge is 0.490 e. The van der Waals surface area contributed by atoms with E-state index in [1.54, 1.807) is 6.07 Å². The van der Waals surface area contributed by atoms with Crippen LogP contribution in [0.1, 0.15) is 38.0 Å². The Kier molecular flexibility index (Phi) is 7.06. The number of carbonyl (C=O) groups is 1. The zero-order chi connectivity index (χ0) is 19.1. The number of aromatic nitrogens is 1. The second-order valence-electron chi connectivity index (χ2n) is 6.66. The molecule has 1 aromatic carbocycles. The molecule has 0 spiro atoms. The smallest absolute Gasteiger partial charge is 0.264 e. The number of para-hydroxylation sites is 2. The normalized spacial score (nSPS) is 17.5. The SMILES string of the molecule is CCOc1ccccc1OCC(=O)Nc1ncc(CN2CCCCC2C)s1. The zero-order valence-electron chi connectivity index (χ0n) is 15.9. The Balaban J connectivity index is 1.49. The molecule has 1 aliphatic rings. The molecule has 2 heterocycles. The maximum Gasteiger partial charge on any atom is 0.264 e. The molecular weight excluding hydrogens is 362 g/mol. The van der Waals surface area contributed by atoms with E-state index in [-0.39, 0.29) is 12.5 Å². The van der Waals surface area contributed by atoms with Crippen LogP contribution in [0.2, 0.25) is 0 Å². The van der Waals surface area contributed by atoms with E-state index in [0.717, 1.165) is 13.1 Å². The van der Waals surface area contributed by atoms with Crippen molar-refractivity contribution in [2.24, 2.45) is 0 Å². The lowest BCUT2D eigenvalue weighted by molar-refractivity contribution is -0.118. The maximum absolute atomic E-state index is 12.2. The molecule has 27 heavy (non-hydrogen) atoms.